The monoisotopic (exact) mass is 244 g/mol. The van der Waals surface area contributed by atoms with E-state index in [9.17, 15) is 0 Å². The predicted octanol–water partition coefficient (Wildman–Crippen LogP) is 1.32. The quantitative estimate of drug-likeness (QED) is 0.520. The molecule has 0 radical (unpaired) electrons. The molecule has 0 heterocycles. The fourth-order valence-corrected chi connectivity index (χ4v) is 2.13. The van der Waals surface area contributed by atoms with E-state index >= 15 is 0 Å². The van der Waals surface area contributed by atoms with Crippen molar-refractivity contribution in [3.05, 3.63) is 0 Å². The second-order valence-electron chi connectivity index (χ2n) is 1.48. The van der Waals surface area contributed by atoms with Crippen LogP contribution in [0.1, 0.15) is 6.42 Å². The van der Waals surface area contributed by atoms with Crippen molar-refractivity contribution in [1.82, 2.24) is 0 Å². The van der Waals surface area contributed by atoms with Gasteiger partial charge in [0, 0.05) is 20.4 Å². The lowest BCUT2D eigenvalue weighted by Gasteiger charge is -1.99. The topological polar surface area (TPSA) is 0 Å². The van der Waals surface area contributed by atoms with E-state index in [1.165, 1.54) is 22.7 Å². The summed E-state index contributed by atoms with van der Waals surface area (Å²) in [4.78, 5) is 0.776. The van der Waals surface area contributed by atoms with Gasteiger partial charge in [-0.25, -0.2) is 0 Å². The molecule has 1 unspecified atom stereocenters. The van der Waals surface area contributed by atoms with Crippen LogP contribution >= 0.6 is 31.9 Å². The van der Waals surface area contributed by atoms with Gasteiger partial charge in [-0.15, -0.1) is 0 Å². The van der Waals surface area contributed by atoms with Crippen LogP contribution in [0.15, 0.2) is 0 Å². The van der Waals surface area contributed by atoms with Gasteiger partial charge in [-0.2, -0.15) is 0 Å². The zero-order chi connectivity index (χ0) is 5.70. The molecule has 0 rings (SSSR count). The second kappa shape index (κ2) is 5.32. The van der Waals surface area contributed by atoms with Crippen molar-refractivity contribution in [2.24, 2.45) is 0 Å². The van der Waals surface area contributed by atoms with E-state index in [1.54, 1.807) is 0 Å². The lowest BCUT2D eigenvalue weighted by molar-refractivity contribution is 0.937. The molecular weight excluding hydrogens is 236 g/mol. The zero-order valence-corrected chi connectivity index (χ0v) is 9.63. The largest absolute Gasteiger partial charge is 0.0928 e. The van der Waals surface area contributed by atoms with E-state index in [4.69, 9.17) is 0 Å². The first-order valence-corrected chi connectivity index (χ1v) is 5.96. The zero-order valence-electron chi connectivity index (χ0n) is 4.45. The molecule has 0 fully saturated rings. The summed E-state index contributed by atoms with van der Waals surface area (Å²) < 4.78 is 0. The lowest BCUT2D eigenvalue weighted by Crippen LogP contribution is -1.95. The first-order valence-electron chi connectivity index (χ1n) is 2.51. The average Bonchev–Trinajstić information content (AvgIpc) is 1.68. The van der Waals surface area contributed by atoms with Crippen molar-refractivity contribution in [2.75, 3.05) is 5.33 Å². The van der Waals surface area contributed by atoms with Crippen molar-refractivity contribution in [2.45, 2.75) is 17.3 Å². The fourth-order valence-electron chi connectivity index (χ4n) is 0.323. The Hall–Kier alpha value is 1.18. The maximum absolute atomic E-state index is 3.54. The van der Waals surface area contributed by atoms with E-state index in [0.29, 0.717) is 0 Å². The van der Waals surface area contributed by atoms with Crippen LogP contribution in [0.3, 0.4) is 0 Å². The number of halogens is 2. The lowest BCUT2D eigenvalue weighted by atomic mass is 10.4. The highest BCUT2D eigenvalue weighted by Gasteiger charge is 1.95. The third-order valence-electron chi connectivity index (χ3n) is 0.865. The fraction of sp³-hybridized carbons (Fsp3) is 1.00. The standard InChI is InChI=1S/C4H10Br2Si/c5-2-1-4(6)3-7/h4H,1-3H2,7H3. The Morgan fingerprint density at radius 3 is 2.29 bits per heavy atom. The smallest absolute Gasteiger partial charge is 0.0122 e. The molecule has 44 valence electrons. The molecule has 0 aromatic carbocycles. The molecule has 7 heavy (non-hydrogen) atoms. The minimum Gasteiger partial charge on any atom is -0.0928 e. The summed E-state index contributed by atoms with van der Waals surface area (Å²) in [5.74, 6) is 0. The number of hydrogen-bond donors (Lipinski definition) is 0. The van der Waals surface area contributed by atoms with E-state index in [0.717, 1.165) is 10.2 Å². The van der Waals surface area contributed by atoms with Crippen molar-refractivity contribution in [1.29, 1.82) is 0 Å². The van der Waals surface area contributed by atoms with Gasteiger partial charge < -0.3 is 0 Å². The van der Waals surface area contributed by atoms with Gasteiger partial charge in [0.25, 0.3) is 0 Å². The van der Waals surface area contributed by atoms with Crippen molar-refractivity contribution in [3.8, 4) is 0 Å². The minimum absolute atomic E-state index is 0.776. The highest BCUT2D eigenvalue weighted by atomic mass is 79.9. The molecule has 0 aromatic heterocycles. The number of hydrogen-bond acceptors (Lipinski definition) is 0. The summed E-state index contributed by atoms with van der Waals surface area (Å²) in [5.41, 5.74) is 0. The average molecular weight is 246 g/mol. The van der Waals surface area contributed by atoms with Crippen molar-refractivity contribution in [3.63, 3.8) is 0 Å². The Morgan fingerprint density at radius 1 is 1.57 bits per heavy atom. The number of alkyl halides is 2. The highest BCUT2D eigenvalue weighted by molar-refractivity contribution is 9.10. The van der Waals surface area contributed by atoms with Gasteiger partial charge in [0.2, 0.25) is 0 Å². The summed E-state index contributed by atoms with van der Waals surface area (Å²) in [6.45, 7) is 0. The summed E-state index contributed by atoms with van der Waals surface area (Å²) in [6.07, 6.45) is 1.27. The third kappa shape index (κ3) is 5.04. The Bertz CT molecular complexity index is 40.7. The summed E-state index contributed by atoms with van der Waals surface area (Å²) >= 11 is 6.92. The van der Waals surface area contributed by atoms with Gasteiger partial charge in [0.05, 0.1) is 0 Å². The molecule has 0 nitrogen and oxygen atoms in total. The molecule has 0 aliphatic heterocycles. The first-order chi connectivity index (χ1) is 3.31. The maximum Gasteiger partial charge on any atom is 0.0122 e. The van der Waals surface area contributed by atoms with E-state index in [2.05, 4.69) is 31.9 Å². The predicted molar refractivity (Wildman–Crippen MR) is 45.9 cm³/mol. The van der Waals surface area contributed by atoms with Crippen LogP contribution in [0.4, 0.5) is 0 Å². The normalized spacial score (nSPS) is 14.6. The van der Waals surface area contributed by atoms with Crippen LogP contribution in [0.2, 0.25) is 6.04 Å². The van der Waals surface area contributed by atoms with Crippen molar-refractivity contribution >= 4 is 42.1 Å². The molecule has 0 aromatic rings. The SMILES string of the molecule is [SiH3]CC(Br)CCBr. The number of rotatable bonds is 3. The highest BCUT2D eigenvalue weighted by Crippen LogP contribution is 2.09. The van der Waals surface area contributed by atoms with Crippen LogP contribution in [-0.4, -0.2) is 20.4 Å². The molecule has 0 N–H and O–H groups in total. The Labute approximate surface area is 64.7 Å². The summed E-state index contributed by atoms with van der Waals surface area (Å²) in [6, 6.07) is 1.37. The molecule has 0 amide bonds. The molecule has 3 heteroatoms. The van der Waals surface area contributed by atoms with Gasteiger partial charge in [-0.3, -0.25) is 0 Å². The van der Waals surface area contributed by atoms with Gasteiger partial charge in [-0.1, -0.05) is 37.9 Å². The summed E-state index contributed by atoms with van der Waals surface area (Å²) in [5, 5.41) is 1.13. The Balaban J connectivity index is 2.83. The van der Waals surface area contributed by atoms with Gasteiger partial charge in [0.15, 0.2) is 0 Å². The van der Waals surface area contributed by atoms with Gasteiger partial charge >= 0.3 is 0 Å². The van der Waals surface area contributed by atoms with Crippen LogP contribution in [-0.2, 0) is 0 Å². The molecule has 1 atom stereocenters. The van der Waals surface area contributed by atoms with E-state index < -0.39 is 0 Å². The molecule has 0 bridgehead atoms. The Morgan fingerprint density at radius 2 is 2.14 bits per heavy atom. The molecule has 0 saturated heterocycles. The first kappa shape index (κ1) is 8.18. The van der Waals surface area contributed by atoms with Gasteiger partial charge in [0.1, 0.15) is 0 Å². The van der Waals surface area contributed by atoms with Crippen LogP contribution in [0.25, 0.3) is 0 Å². The van der Waals surface area contributed by atoms with Crippen LogP contribution < -0.4 is 0 Å². The van der Waals surface area contributed by atoms with Gasteiger partial charge in [-0.05, 0) is 6.42 Å². The molecule has 0 saturated carbocycles. The van der Waals surface area contributed by atoms with E-state index in [1.807, 2.05) is 0 Å². The molecule has 0 aliphatic carbocycles. The van der Waals surface area contributed by atoms with Crippen molar-refractivity contribution < 1.29 is 0 Å². The molecule has 0 aliphatic rings. The molecule has 0 spiro atoms. The third-order valence-corrected chi connectivity index (χ3v) is 4.61. The van der Waals surface area contributed by atoms with Crippen LogP contribution in [0.5, 0.6) is 0 Å². The summed E-state index contributed by atoms with van der Waals surface area (Å²) in [7, 11) is 1.32. The maximum atomic E-state index is 3.54. The minimum atomic E-state index is 0.776. The van der Waals surface area contributed by atoms with Crippen LogP contribution in [0, 0.1) is 0 Å². The molecular formula is C4H10Br2Si. The second-order valence-corrected chi connectivity index (χ2v) is 4.39. The van der Waals surface area contributed by atoms with E-state index in [-0.39, 0.29) is 0 Å². The Kier molecular flexibility index (Phi) is 6.21.